The molecule has 0 bridgehead atoms. The minimum absolute atomic E-state index is 0.118. The number of likely N-dealkylation sites (tertiary alicyclic amines) is 1. The van der Waals surface area contributed by atoms with Crippen molar-refractivity contribution in [3.63, 3.8) is 0 Å². The van der Waals surface area contributed by atoms with E-state index in [9.17, 15) is 0 Å². The second kappa shape index (κ2) is 11.5. The van der Waals surface area contributed by atoms with E-state index >= 15 is 0 Å². The van der Waals surface area contributed by atoms with E-state index in [2.05, 4.69) is 51.6 Å². The average Bonchev–Trinajstić information content (AvgIpc) is 3.13. The zero-order valence-electron chi connectivity index (χ0n) is 14.9. The van der Waals surface area contributed by atoms with Gasteiger partial charge in [-0.2, -0.15) is 11.8 Å². The average molecular weight is 419 g/mol. The smallest absolute Gasteiger partial charge is 0.125 e. The summed E-state index contributed by atoms with van der Waals surface area (Å²) in [6.07, 6.45) is 8.28. The lowest BCUT2D eigenvalue weighted by Crippen LogP contribution is -2.44. The highest BCUT2D eigenvalue weighted by molar-refractivity contribution is 9.11. The second-order valence-corrected chi connectivity index (χ2v) is 8.71. The molecule has 2 aliphatic rings. The first-order valence-corrected chi connectivity index (χ1v) is 10.9. The highest BCUT2D eigenvalue weighted by Crippen LogP contribution is 2.24. The van der Waals surface area contributed by atoms with Crippen molar-refractivity contribution >= 4 is 33.5 Å². The van der Waals surface area contributed by atoms with Crippen LogP contribution >= 0.6 is 27.7 Å². The number of hydrogen-bond acceptors (Lipinski definition) is 5. The first-order chi connectivity index (χ1) is 11.7. The number of nitrogens with zero attached hydrogens (tertiary/aromatic N) is 2. The number of rotatable bonds is 8. The van der Waals surface area contributed by atoms with E-state index in [1.54, 1.807) is 0 Å². The summed E-state index contributed by atoms with van der Waals surface area (Å²) in [7, 11) is 0. The molecule has 138 valence electrons. The van der Waals surface area contributed by atoms with Crippen molar-refractivity contribution in [2.24, 2.45) is 4.99 Å². The molecule has 2 N–H and O–H groups in total. The van der Waals surface area contributed by atoms with Gasteiger partial charge in [-0.1, -0.05) is 22.9 Å². The van der Waals surface area contributed by atoms with Crippen molar-refractivity contribution in [3.05, 3.63) is 10.6 Å². The molecule has 0 radical (unpaired) electrons. The van der Waals surface area contributed by atoms with Crippen LogP contribution in [0.25, 0.3) is 0 Å². The van der Waals surface area contributed by atoms with Gasteiger partial charge in [-0.25, -0.2) is 10.9 Å². The Morgan fingerprint density at radius 2 is 2.17 bits per heavy atom. The van der Waals surface area contributed by atoms with E-state index < -0.39 is 0 Å². The Kier molecular flexibility index (Phi) is 9.71. The predicted octanol–water partition coefficient (Wildman–Crippen LogP) is 3.48. The maximum Gasteiger partial charge on any atom is 0.125 e. The Morgan fingerprint density at radius 1 is 1.38 bits per heavy atom. The third-order valence-corrected chi connectivity index (χ3v) is 6.57. The molecule has 2 aliphatic heterocycles. The number of thioether (sulfide) groups is 1. The van der Waals surface area contributed by atoms with Crippen molar-refractivity contribution in [2.45, 2.75) is 57.4 Å². The Hall–Kier alpha value is -0.0800. The van der Waals surface area contributed by atoms with Gasteiger partial charge in [0, 0.05) is 29.4 Å². The van der Waals surface area contributed by atoms with Crippen LogP contribution in [0, 0.1) is 0 Å². The summed E-state index contributed by atoms with van der Waals surface area (Å²) in [5.41, 5.74) is 6.43. The van der Waals surface area contributed by atoms with E-state index in [1.807, 2.05) is 11.8 Å². The fraction of sp³-hybridized carbons (Fsp3) is 0.824. The fourth-order valence-corrected chi connectivity index (χ4v) is 4.22. The number of halogens is 1. The molecule has 2 saturated heterocycles. The molecule has 2 fully saturated rings. The normalized spacial score (nSPS) is 24.5. The molecule has 0 saturated carbocycles. The molecule has 24 heavy (non-hydrogen) atoms. The summed E-state index contributed by atoms with van der Waals surface area (Å²) in [6.45, 7) is 8.03. The highest BCUT2D eigenvalue weighted by atomic mass is 79.9. The maximum absolute atomic E-state index is 5.65. The third-order valence-electron chi connectivity index (χ3n) is 4.26. The number of aliphatic imine (C=N–C) groups is 1. The van der Waals surface area contributed by atoms with Gasteiger partial charge in [-0.3, -0.25) is 4.99 Å². The molecular weight excluding hydrogens is 388 g/mol. The lowest BCUT2D eigenvalue weighted by molar-refractivity contribution is -0.0139. The molecule has 2 rings (SSSR count). The minimum Gasteiger partial charge on any atom is -0.362 e. The molecule has 0 amide bonds. The van der Waals surface area contributed by atoms with Crippen molar-refractivity contribution in [2.75, 3.05) is 32.1 Å². The van der Waals surface area contributed by atoms with Gasteiger partial charge >= 0.3 is 0 Å². The van der Waals surface area contributed by atoms with E-state index in [-0.39, 0.29) is 6.23 Å². The number of nitrogens with one attached hydrogen (secondary N) is 2. The molecule has 7 heteroatoms. The predicted molar refractivity (Wildman–Crippen MR) is 108 cm³/mol. The number of amidine groups is 1. The molecule has 5 nitrogen and oxygen atoms in total. The summed E-state index contributed by atoms with van der Waals surface area (Å²) in [5, 5.41) is 0.463. The Balaban J connectivity index is 1.88. The molecule has 2 atom stereocenters. The zero-order valence-corrected chi connectivity index (χ0v) is 17.3. The van der Waals surface area contributed by atoms with Gasteiger partial charge in [0.05, 0.1) is 0 Å². The minimum atomic E-state index is 0.118. The van der Waals surface area contributed by atoms with Crippen LogP contribution in [0.5, 0.6) is 0 Å². The second-order valence-electron chi connectivity index (χ2n) is 6.17. The summed E-state index contributed by atoms with van der Waals surface area (Å²) in [4.78, 5) is 7.15. The van der Waals surface area contributed by atoms with Crippen molar-refractivity contribution < 1.29 is 4.74 Å². The third kappa shape index (κ3) is 7.04. The van der Waals surface area contributed by atoms with E-state index in [0.717, 1.165) is 37.7 Å². The van der Waals surface area contributed by atoms with Crippen LogP contribution in [-0.4, -0.2) is 54.3 Å². The Bertz CT molecular complexity index is 421. The topological polar surface area (TPSA) is 48.9 Å². The maximum atomic E-state index is 5.65. The quantitative estimate of drug-likeness (QED) is 0.273. The van der Waals surface area contributed by atoms with E-state index in [1.165, 1.54) is 30.2 Å². The van der Waals surface area contributed by atoms with Gasteiger partial charge in [0.25, 0.3) is 0 Å². The van der Waals surface area contributed by atoms with Gasteiger partial charge in [-0.15, -0.1) is 0 Å². The van der Waals surface area contributed by atoms with Gasteiger partial charge in [0.2, 0.25) is 0 Å². The number of ether oxygens (including phenoxy) is 1. The summed E-state index contributed by atoms with van der Waals surface area (Å²) in [5.74, 6) is 2.19. The fourth-order valence-electron chi connectivity index (χ4n) is 2.89. The van der Waals surface area contributed by atoms with Crippen LogP contribution in [0.3, 0.4) is 0 Å². The van der Waals surface area contributed by atoms with E-state index in [4.69, 9.17) is 9.73 Å². The standard InChI is InChI=1S/C17H31BrN4OS/c1-3-24-14(2)15(18)12-16(22-9-5-6-10-22)19-13-20-21-17-8-4-7-11-23-17/h12,14,17,20-21H,3-11,13H2,1-2H3/b15-12+,19-16+. The molecule has 0 aromatic carbocycles. The first-order valence-electron chi connectivity index (χ1n) is 9.08. The van der Waals surface area contributed by atoms with E-state index in [0.29, 0.717) is 11.9 Å². The van der Waals surface area contributed by atoms with Gasteiger partial charge in [-0.05, 0) is 50.9 Å². The lowest BCUT2D eigenvalue weighted by Gasteiger charge is -2.24. The van der Waals surface area contributed by atoms with Crippen LogP contribution in [0.4, 0.5) is 0 Å². The molecule has 0 aromatic heterocycles. The molecule has 0 spiro atoms. The van der Waals surface area contributed by atoms with Crippen LogP contribution in [0.2, 0.25) is 0 Å². The Labute approximate surface area is 159 Å². The zero-order chi connectivity index (χ0) is 17.2. The number of hydrazine groups is 1. The SMILES string of the molecule is CCSC(C)/C(Br)=C\C(=N/CNNC1CCCCO1)N1CCCC1. The van der Waals surface area contributed by atoms with Crippen molar-refractivity contribution in [1.29, 1.82) is 0 Å². The van der Waals surface area contributed by atoms with Gasteiger partial charge in [0.1, 0.15) is 18.7 Å². The van der Waals surface area contributed by atoms with Crippen molar-refractivity contribution in [1.82, 2.24) is 15.8 Å². The van der Waals surface area contributed by atoms with Crippen LogP contribution in [0.1, 0.15) is 46.0 Å². The lowest BCUT2D eigenvalue weighted by atomic mass is 10.2. The molecule has 2 heterocycles. The molecule has 0 aliphatic carbocycles. The van der Waals surface area contributed by atoms with Crippen molar-refractivity contribution in [3.8, 4) is 0 Å². The Morgan fingerprint density at radius 3 is 2.83 bits per heavy atom. The van der Waals surface area contributed by atoms with Crippen LogP contribution < -0.4 is 10.9 Å². The highest BCUT2D eigenvalue weighted by Gasteiger charge is 2.16. The monoisotopic (exact) mass is 418 g/mol. The largest absolute Gasteiger partial charge is 0.362 e. The summed E-state index contributed by atoms with van der Waals surface area (Å²) >= 11 is 5.68. The van der Waals surface area contributed by atoms with Gasteiger partial charge < -0.3 is 9.64 Å². The number of hydrogen-bond donors (Lipinski definition) is 2. The van der Waals surface area contributed by atoms with Crippen LogP contribution in [-0.2, 0) is 4.74 Å². The summed E-state index contributed by atoms with van der Waals surface area (Å²) in [6, 6.07) is 0. The first kappa shape index (κ1) is 20.2. The summed E-state index contributed by atoms with van der Waals surface area (Å²) < 4.78 is 6.86. The van der Waals surface area contributed by atoms with Crippen LogP contribution in [0.15, 0.2) is 15.6 Å². The molecular formula is C17H31BrN4OS. The molecule has 2 unspecified atom stereocenters. The van der Waals surface area contributed by atoms with Gasteiger partial charge in [0.15, 0.2) is 0 Å². The molecule has 0 aromatic rings.